The summed E-state index contributed by atoms with van der Waals surface area (Å²) in [7, 11) is 3.29. The molecular formula is C21H26N4O2. The van der Waals surface area contributed by atoms with Gasteiger partial charge < -0.3 is 14.8 Å². The molecule has 1 fully saturated rings. The summed E-state index contributed by atoms with van der Waals surface area (Å²) in [4.78, 5) is 9.14. The van der Waals surface area contributed by atoms with Crippen LogP contribution in [0.2, 0.25) is 0 Å². The highest BCUT2D eigenvalue weighted by Gasteiger charge is 2.16. The summed E-state index contributed by atoms with van der Waals surface area (Å²) in [5.74, 6) is 3.00. The van der Waals surface area contributed by atoms with Crippen molar-refractivity contribution in [3.8, 4) is 22.8 Å². The standard InChI is InChI=1S/C21H26N4O2/c1-26-18-9-8-16(12-19(18)27-2)17-14-24-21-20(22-10-11-25(17)21)23-13-15-6-4-3-5-7-15/h8-12,14-15H,3-7,13H2,1-2H3,(H,22,23). The quantitative estimate of drug-likeness (QED) is 0.700. The molecule has 1 saturated carbocycles. The van der Waals surface area contributed by atoms with Gasteiger partial charge in [0, 0.05) is 24.5 Å². The van der Waals surface area contributed by atoms with E-state index in [2.05, 4.69) is 19.7 Å². The second-order valence-electron chi connectivity index (χ2n) is 7.07. The maximum Gasteiger partial charge on any atom is 0.180 e. The monoisotopic (exact) mass is 366 g/mol. The maximum atomic E-state index is 5.44. The van der Waals surface area contributed by atoms with E-state index in [0.29, 0.717) is 11.5 Å². The molecule has 0 bridgehead atoms. The Morgan fingerprint density at radius 2 is 1.89 bits per heavy atom. The van der Waals surface area contributed by atoms with E-state index in [1.807, 2.05) is 36.8 Å². The van der Waals surface area contributed by atoms with Crippen molar-refractivity contribution in [2.75, 3.05) is 26.1 Å². The fraction of sp³-hybridized carbons (Fsp3) is 0.429. The molecule has 3 aromatic rings. The Balaban J connectivity index is 1.62. The van der Waals surface area contributed by atoms with Crippen molar-refractivity contribution in [1.29, 1.82) is 0 Å². The molecule has 1 N–H and O–H groups in total. The van der Waals surface area contributed by atoms with Gasteiger partial charge in [0.15, 0.2) is 23.0 Å². The number of fused-ring (bicyclic) bond motifs is 1. The lowest BCUT2D eigenvalue weighted by Crippen LogP contribution is -2.18. The van der Waals surface area contributed by atoms with Gasteiger partial charge in [0.1, 0.15) is 0 Å². The minimum atomic E-state index is 0.703. The lowest BCUT2D eigenvalue weighted by molar-refractivity contribution is 0.355. The zero-order chi connectivity index (χ0) is 18.6. The molecule has 0 aliphatic heterocycles. The van der Waals surface area contributed by atoms with E-state index in [1.54, 1.807) is 14.2 Å². The summed E-state index contributed by atoms with van der Waals surface area (Å²) in [6, 6.07) is 5.90. The van der Waals surface area contributed by atoms with E-state index < -0.39 is 0 Å². The molecule has 2 heterocycles. The van der Waals surface area contributed by atoms with Crippen molar-refractivity contribution in [2.45, 2.75) is 32.1 Å². The predicted molar refractivity (Wildman–Crippen MR) is 107 cm³/mol. The number of aromatic nitrogens is 3. The largest absolute Gasteiger partial charge is 0.493 e. The Morgan fingerprint density at radius 3 is 2.67 bits per heavy atom. The van der Waals surface area contributed by atoms with Gasteiger partial charge in [-0.3, -0.25) is 4.40 Å². The van der Waals surface area contributed by atoms with E-state index in [4.69, 9.17) is 9.47 Å². The minimum Gasteiger partial charge on any atom is -0.493 e. The predicted octanol–water partition coefficient (Wildman–Crippen LogP) is 4.41. The first-order valence-corrected chi connectivity index (χ1v) is 9.58. The highest BCUT2D eigenvalue weighted by molar-refractivity contribution is 5.72. The number of nitrogens with one attached hydrogen (secondary N) is 1. The van der Waals surface area contributed by atoms with Gasteiger partial charge in [-0.05, 0) is 37.0 Å². The van der Waals surface area contributed by atoms with E-state index in [-0.39, 0.29) is 0 Å². The molecule has 2 aromatic heterocycles. The van der Waals surface area contributed by atoms with Crippen LogP contribution < -0.4 is 14.8 Å². The SMILES string of the molecule is COc1ccc(-c2cnc3c(NCC4CCCCC4)nccn23)cc1OC. The van der Waals surface area contributed by atoms with Crippen molar-refractivity contribution < 1.29 is 9.47 Å². The average Bonchev–Trinajstić information content (AvgIpc) is 3.17. The topological polar surface area (TPSA) is 60.7 Å². The number of hydrogen-bond donors (Lipinski definition) is 1. The Kier molecular flexibility index (Phi) is 5.14. The molecule has 0 spiro atoms. The first-order chi connectivity index (χ1) is 13.3. The Hall–Kier alpha value is -2.76. The third kappa shape index (κ3) is 3.56. The van der Waals surface area contributed by atoms with E-state index in [0.717, 1.165) is 35.2 Å². The molecule has 0 radical (unpaired) electrons. The van der Waals surface area contributed by atoms with Crippen LogP contribution in [0.1, 0.15) is 32.1 Å². The van der Waals surface area contributed by atoms with Crippen LogP contribution in [0, 0.1) is 5.92 Å². The van der Waals surface area contributed by atoms with E-state index in [1.165, 1.54) is 32.1 Å². The molecule has 1 aromatic carbocycles. The molecule has 6 nitrogen and oxygen atoms in total. The minimum absolute atomic E-state index is 0.703. The number of hydrogen-bond acceptors (Lipinski definition) is 5. The van der Waals surface area contributed by atoms with Gasteiger partial charge in [-0.2, -0.15) is 0 Å². The highest BCUT2D eigenvalue weighted by atomic mass is 16.5. The zero-order valence-electron chi connectivity index (χ0n) is 15.9. The van der Waals surface area contributed by atoms with Gasteiger partial charge in [-0.1, -0.05) is 19.3 Å². The fourth-order valence-electron chi connectivity index (χ4n) is 3.89. The van der Waals surface area contributed by atoms with Gasteiger partial charge >= 0.3 is 0 Å². The van der Waals surface area contributed by atoms with Crippen molar-refractivity contribution in [2.24, 2.45) is 5.92 Å². The van der Waals surface area contributed by atoms with Crippen LogP contribution in [-0.4, -0.2) is 35.1 Å². The molecule has 0 amide bonds. The van der Waals surface area contributed by atoms with Crippen LogP contribution in [0.5, 0.6) is 11.5 Å². The number of ether oxygens (including phenoxy) is 2. The average molecular weight is 366 g/mol. The summed E-state index contributed by atoms with van der Waals surface area (Å²) < 4.78 is 12.8. The van der Waals surface area contributed by atoms with Crippen molar-refractivity contribution in [1.82, 2.24) is 14.4 Å². The third-order valence-corrected chi connectivity index (χ3v) is 5.39. The molecule has 27 heavy (non-hydrogen) atoms. The number of nitrogens with zero attached hydrogens (tertiary/aromatic N) is 3. The molecule has 0 atom stereocenters. The molecule has 0 saturated heterocycles. The van der Waals surface area contributed by atoms with Crippen LogP contribution in [0.25, 0.3) is 16.9 Å². The molecule has 0 unspecified atom stereocenters. The fourth-order valence-corrected chi connectivity index (χ4v) is 3.89. The number of methoxy groups -OCH3 is 2. The lowest BCUT2D eigenvalue weighted by atomic mass is 9.89. The molecule has 142 valence electrons. The first kappa shape index (κ1) is 17.6. The van der Waals surface area contributed by atoms with E-state index >= 15 is 0 Å². The second-order valence-corrected chi connectivity index (χ2v) is 7.07. The molecule has 4 rings (SSSR count). The van der Waals surface area contributed by atoms with Crippen molar-refractivity contribution >= 4 is 11.5 Å². The Bertz CT molecular complexity index is 916. The van der Waals surface area contributed by atoms with E-state index in [9.17, 15) is 0 Å². The summed E-state index contributed by atoms with van der Waals surface area (Å²) in [5, 5.41) is 3.52. The lowest BCUT2D eigenvalue weighted by Gasteiger charge is -2.22. The van der Waals surface area contributed by atoms with Gasteiger partial charge in [0.05, 0.1) is 26.1 Å². The molecule has 6 heteroatoms. The van der Waals surface area contributed by atoms with Gasteiger partial charge in [-0.15, -0.1) is 0 Å². The summed E-state index contributed by atoms with van der Waals surface area (Å²) >= 11 is 0. The van der Waals surface area contributed by atoms with Crippen LogP contribution >= 0.6 is 0 Å². The number of benzene rings is 1. The normalized spacial score (nSPS) is 15.0. The Morgan fingerprint density at radius 1 is 1.07 bits per heavy atom. The Labute approximate surface area is 159 Å². The summed E-state index contributed by atoms with van der Waals surface area (Å²) in [5.41, 5.74) is 2.86. The van der Waals surface area contributed by atoms with Gasteiger partial charge in [-0.25, -0.2) is 9.97 Å². The summed E-state index contributed by atoms with van der Waals surface area (Å²) in [6.45, 7) is 0.964. The molecule has 1 aliphatic rings. The van der Waals surface area contributed by atoms with Crippen LogP contribution in [0.4, 0.5) is 5.82 Å². The number of anilines is 1. The number of rotatable bonds is 6. The smallest absolute Gasteiger partial charge is 0.180 e. The molecular weight excluding hydrogens is 340 g/mol. The van der Waals surface area contributed by atoms with Gasteiger partial charge in [0.2, 0.25) is 0 Å². The van der Waals surface area contributed by atoms with Crippen molar-refractivity contribution in [3.05, 3.63) is 36.8 Å². The first-order valence-electron chi connectivity index (χ1n) is 9.58. The van der Waals surface area contributed by atoms with Crippen molar-refractivity contribution in [3.63, 3.8) is 0 Å². The van der Waals surface area contributed by atoms with Crippen LogP contribution in [-0.2, 0) is 0 Å². The van der Waals surface area contributed by atoms with Crippen LogP contribution in [0.15, 0.2) is 36.8 Å². The molecule has 1 aliphatic carbocycles. The van der Waals surface area contributed by atoms with Crippen LogP contribution in [0.3, 0.4) is 0 Å². The highest BCUT2D eigenvalue weighted by Crippen LogP contribution is 2.33. The second kappa shape index (κ2) is 7.86. The zero-order valence-corrected chi connectivity index (χ0v) is 15.9. The number of imidazole rings is 1. The van der Waals surface area contributed by atoms with Gasteiger partial charge in [0.25, 0.3) is 0 Å². The summed E-state index contributed by atoms with van der Waals surface area (Å²) in [6.07, 6.45) is 12.3. The third-order valence-electron chi connectivity index (χ3n) is 5.39. The maximum absolute atomic E-state index is 5.44.